The first-order chi connectivity index (χ1) is 11.9. The van der Waals surface area contributed by atoms with Crippen molar-refractivity contribution in [2.24, 2.45) is 0 Å². The minimum Gasteiger partial charge on any atom is -0.493 e. The molecule has 0 radical (unpaired) electrons. The van der Waals surface area contributed by atoms with Crippen LogP contribution in [0.2, 0.25) is 0 Å². The molecule has 2 aromatic carbocycles. The fourth-order valence-electron chi connectivity index (χ4n) is 3.27. The van der Waals surface area contributed by atoms with Gasteiger partial charge in [0.05, 0.1) is 12.2 Å². The number of fused-ring (bicyclic) bond motifs is 1. The largest absolute Gasteiger partial charge is 0.493 e. The van der Waals surface area contributed by atoms with Crippen molar-refractivity contribution in [2.45, 2.75) is 39.0 Å². The Hall–Kier alpha value is -2.55. The van der Waals surface area contributed by atoms with Crippen LogP contribution in [0.3, 0.4) is 0 Å². The fraction of sp³-hybridized carbons (Fsp3) is 0.318. The highest BCUT2D eigenvalue weighted by atomic mass is 16.5. The second kappa shape index (κ2) is 6.75. The van der Waals surface area contributed by atoms with Crippen LogP contribution in [0.5, 0.6) is 5.75 Å². The maximum absolute atomic E-state index is 11.1. The van der Waals surface area contributed by atoms with Gasteiger partial charge in [-0.25, -0.2) is 4.79 Å². The fourth-order valence-corrected chi connectivity index (χ4v) is 3.27. The number of carboxylic acids is 1. The standard InChI is InChI=1S/C22H24O3/c1-15-13-16(7-9-18(15)21(23)24)5-4-6-17-8-10-20-19(14-17)22(2,3)11-12-25-20/h4-5,7-10,13-14H,6,11-12H2,1-3H3,(H,23,24)/b5-4+. The van der Waals surface area contributed by atoms with Gasteiger partial charge in [0, 0.05) is 5.56 Å². The van der Waals surface area contributed by atoms with Gasteiger partial charge >= 0.3 is 5.97 Å². The van der Waals surface area contributed by atoms with Gasteiger partial charge in [0.15, 0.2) is 0 Å². The molecule has 0 bridgehead atoms. The number of rotatable bonds is 4. The monoisotopic (exact) mass is 336 g/mol. The van der Waals surface area contributed by atoms with Crippen LogP contribution < -0.4 is 4.74 Å². The minimum atomic E-state index is -0.882. The van der Waals surface area contributed by atoms with Gasteiger partial charge in [0.25, 0.3) is 0 Å². The quantitative estimate of drug-likeness (QED) is 0.854. The first kappa shape index (κ1) is 17.3. The molecular weight excluding hydrogens is 312 g/mol. The Balaban J connectivity index is 1.75. The number of allylic oxidation sites excluding steroid dienone is 1. The van der Waals surface area contributed by atoms with Crippen LogP contribution in [0.1, 0.15) is 52.9 Å². The number of aryl methyl sites for hydroxylation is 1. The van der Waals surface area contributed by atoms with Gasteiger partial charge in [-0.15, -0.1) is 0 Å². The van der Waals surface area contributed by atoms with E-state index < -0.39 is 5.97 Å². The molecule has 1 aliphatic heterocycles. The predicted molar refractivity (Wildman–Crippen MR) is 100 cm³/mol. The lowest BCUT2D eigenvalue weighted by Gasteiger charge is -2.32. The van der Waals surface area contributed by atoms with E-state index in [1.165, 1.54) is 11.1 Å². The van der Waals surface area contributed by atoms with Crippen molar-refractivity contribution in [1.82, 2.24) is 0 Å². The van der Waals surface area contributed by atoms with Gasteiger partial charge in [-0.3, -0.25) is 0 Å². The molecule has 0 amide bonds. The molecule has 1 N–H and O–H groups in total. The number of benzene rings is 2. The summed E-state index contributed by atoms with van der Waals surface area (Å²) in [6, 6.07) is 11.8. The summed E-state index contributed by atoms with van der Waals surface area (Å²) < 4.78 is 5.77. The zero-order valence-electron chi connectivity index (χ0n) is 15.0. The molecule has 25 heavy (non-hydrogen) atoms. The molecular formula is C22H24O3. The maximum Gasteiger partial charge on any atom is 0.335 e. The highest BCUT2D eigenvalue weighted by Gasteiger charge is 2.28. The van der Waals surface area contributed by atoms with E-state index in [0.29, 0.717) is 5.56 Å². The van der Waals surface area contributed by atoms with Crippen LogP contribution in [0.25, 0.3) is 6.08 Å². The summed E-state index contributed by atoms with van der Waals surface area (Å²) in [4.78, 5) is 11.1. The van der Waals surface area contributed by atoms with Crippen molar-refractivity contribution >= 4 is 12.0 Å². The van der Waals surface area contributed by atoms with E-state index in [1.54, 1.807) is 6.07 Å². The van der Waals surface area contributed by atoms with Crippen molar-refractivity contribution in [1.29, 1.82) is 0 Å². The molecule has 0 unspecified atom stereocenters. The van der Waals surface area contributed by atoms with Gasteiger partial charge in [-0.05, 0) is 54.0 Å². The summed E-state index contributed by atoms with van der Waals surface area (Å²) in [5.74, 6) is 0.121. The summed E-state index contributed by atoms with van der Waals surface area (Å²) >= 11 is 0. The predicted octanol–water partition coefficient (Wildman–Crippen LogP) is 5.01. The molecule has 1 heterocycles. The summed E-state index contributed by atoms with van der Waals surface area (Å²) in [6.45, 7) is 7.14. The maximum atomic E-state index is 11.1. The van der Waals surface area contributed by atoms with Crippen molar-refractivity contribution in [2.75, 3.05) is 6.61 Å². The van der Waals surface area contributed by atoms with Crippen LogP contribution >= 0.6 is 0 Å². The van der Waals surface area contributed by atoms with E-state index in [1.807, 2.05) is 25.1 Å². The van der Waals surface area contributed by atoms with Gasteiger partial charge in [0.2, 0.25) is 0 Å². The van der Waals surface area contributed by atoms with Gasteiger partial charge < -0.3 is 9.84 Å². The molecule has 0 fully saturated rings. The Labute approximate surface area is 149 Å². The molecule has 0 saturated heterocycles. The molecule has 130 valence electrons. The van der Waals surface area contributed by atoms with E-state index in [-0.39, 0.29) is 5.41 Å². The SMILES string of the molecule is Cc1cc(/C=C/Cc2ccc3c(c2)C(C)(C)CCO3)ccc1C(=O)O. The molecule has 3 heteroatoms. The lowest BCUT2D eigenvalue weighted by Crippen LogP contribution is -2.26. The van der Waals surface area contributed by atoms with Crippen LogP contribution in [0.15, 0.2) is 42.5 Å². The van der Waals surface area contributed by atoms with E-state index in [2.05, 4.69) is 38.1 Å². The van der Waals surface area contributed by atoms with Crippen molar-refractivity contribution in [3.8, 4) is 5.75 Å². The van der Waals surface area contributed by atoms with Crippen LogP contribution in [0.4, 0.5) is 0 Å². The normalized spacial score (nSPS) is 15.6. The van der Waals surface area contributed by atoms with Gasteiger partial charge in [-0.2, -0.15) is 0 Å². The van der Waals surface area contributed by atoms with Crippen LogP contribution in [0, 0.1) is 6.92 Å². The highest BCUT2D eigenvalue weighted by Crippen LogP contribution is 2.38. The van der Waals surface area contributed by atoms with Crippen LogP contribution in [-0.4, -0.2) is 17.7 Å². The Bertz CT molecular complexity index is 831. The molecule has 0 atom stereocenters. The third-order valence-electron chi connectivity index (χ3n) is 4.90. The number of carboxylic acid groups (broad SMARTS) is 1. The lowest BCUT2D eigenvalue weighted by atomic mass is 9.79. The summed E-state index contributed by atoms with van der Waals surface area (Å²) in [5.41, 5.74) is 4.84. The zero-order chi connectivity index (χ0) is 18.0. The summed E-state index contributed by atoms with van der Waals surface area (Å²) in [5, 5.41) is 9.09. The molecule has 1 aliphatic rings. The molecule has 0 spiro atoms. The second-order valence-electron chi connectivity index (χ2n) is 7.30. The van der Waals surface area contributed by atoms with E-state index in [0.717, 1.165) is 36.3 Å². The topological polar surface area (TPSA) is 46.5 Å². The van der Waals surface area contributed by atoms with E-state index >= 15 is 0 Å². The summed E-state index contributed by atoms with van der Waals surface area (Å²) in [6.07, 6.45) is 6.03. The van der Waals surface area contributed by atoms with Crippen LogP contribution in [-0.2, 0) is 11.8 Å². The van der Waals surface area contributed by atoms with Crippen molar-refractivity contribution in [3.63, 3.8) is 0 Å². The second-order valence-corrected chi connectivity index (χ2v) is 7.30. The Morgan fingerprint density at radius 2 is 2.04 bits per heavy atom. The molecule has 0 aliphatic carbocycles. The number of hydrogen-bond donors (Lipinski definition) is 1. The average molecular weight is 336 g/mol. The third kappa shape index (κ3) is 3.76. The van der Waals surface area contributed by atoms with Crippen molar-refractivity contribution in [3.05, 3.63) is 70.3 Å². The van der Waals surface area contributed by atoms with Crippen molar-refractivity contribution < 1.29 is 14.6 Å². The molecule has 0 aromatic heterocycles. The molecule has 2 aromatic rings. The Morgan fingerprint density at radius 1 is 1.24 bits per heavy atom. The smallest absolute Gasteiger partial charge is 0.335 e. The first-order valence-corrected chi connectivity index (χ1v) is 8.63. The Kier molecular flexibility index (Phi) is 4.67. The number of aromatic carboxylic acids is 1. The van der Waals surface area contributed by atoms with Gasteiger partial charge in [0.1, 0.15) is 5.75 Å². The number of hydrogen-bond acceptors (Lipinski definition) is 2. The van der Waals surface area contributed by atoms with E-state index in [9.17, 15) is 4.79 Å². The molecule has 0 saturated carbocycles. The average Bonchev–Trinajstić information content (AvgIpc) is 2.55. The lowest BCUT2D eigenvalue weighted by molar-refractivity contribution is 0.0696. The number of carbonyl (C=O) groups is 1. The van der Waals surface area contributed by atoms with E-state index in [4.69, 9.17) is 9.84 Å². The first-order valence-electron chi connectivity index (χ1n) is 8.63. The minimum absolute atomic E-state index is 0.150. The third-order valence-corrected chi connectivity index (χ3v) is 4.90. The molecule has 3 nitrogen and oxygen atoms in total. The number of ether oxygens (including phenoxy) is 1. The van der Waals surface area contributed by atoms with Gasteiger partial charge in [-0.1, -0.05) is 50.3 Å². The zero-order valence-corrected chi connectivity index (χ0v) is 15.0. The molecule has 3 rings (SSSR count). The Morgan fingerprint density at radius 3 is 2.76 bits per heavy atom. The summed E-state index contributed by atoms with van der Waals surface area (Å²) in [7, 11) is 0. The highest BCUT2D eigenvalue weighted by molar-refractivity contribution is 5.89.